The predicted octanol–water partition coefficient (Wildman–Crippen LogP) is 3.98. The molecule has 0 amide bonds. The Bertz CT molecular complexity index is 464. The Labute approximate surface area is 128 Å². The minimum absolute atomic E-state index is 0.117. The molecule has 0 heterocycles. The summed E-state index contributed by atoms with van der Waals surface area (Å²) in [5.74, 6) is 0.432. The van der Waals surface area contributed by atoms with Crippen LogP contribution in [-0.4, -0.2) is 21.9 Å². The van der Waals surface area contributed by atoms with Gasteiger partial charge in [0.25, 0.3) is 0 Å². The van der Waals surface area contributed by atoms with Crippen LogP contribution in [0.2, 0.25) is 0 Å². The molecule has 0 radical (unpaired) electrons. The van der Waals surface area contributed by atoms with Crippen molar-refractivity contribution in [3.8, 4) is 0 Å². The van der Waals surface area contributed by atoms with Gasteiger partial charge in [0.2, 0.25) is 0 Å². The van der Waals surface area contributed by atoms with Gasteiger partial charge in [-0.05, 0) is 70.1 Å². The van der Waals surface area contributed by atoms with Gasteiger partial charge in [-0.15, -0.1) is 0 Å². The maximum atomic E-state index is 10.3. The molecule has 0 saturated heterocycles. The molecule has 2 saturated carbocycles. The van der Waals surface area contributed by atoms with Crippen molar-refractivity contribution in [3.05, 3.63) is 23.8 Å². The first kappa shape index (κ1) is 15.3. The van der Waals surface area contributed by atoms with E-state index in [2.05, 4.69) is 25.2 Å². The van der Waals surface area contributed by atoms with Gasteiger partial charge in [0.1, 0.15) is 0 Å². The second-order valence-corrected chi connectivity index (χ2v) is 8.41. The van der Waals surface area contributed by atoms with Crippen LogP contribution in [0.15, 0.2) is 23.8 Å². The van der Waals surface area contributed by atoms with Crippen LogP contribution in [-0.2, 0) is 0 Å². The smallest absolute Gasteiger partial charge is 0.0626 e. The molecule has 0 aromatic heterocycles. The van der Waals surface area contributed by atoms with E-state index in [1.165, 1.54) is 19.3 Å². The monoisotopic (exact) mass is 290 g/mol. The van der Waals surface area contributed by atoms with Gasteiger partial charge in [-0.3, -0.25) is 0 Å². The molecule has 0 aromatic rings. The summed E-state index contributed by atoms with van der Waals surface area (Å²) in [5.41, 5.74) is 1.41. The minimum atomic E-state index is -0.621. The maximum absolute atomic E-state index is 10.3. The number of aliphatic hydroxyl groups is 2. The van der Waals surface area contributed by atoms with E-state index in [9.17, 15) is 10.2 Å². The van der Waals surface area contributed by atoms with E-state index in [0.717, 1.165) is 19.3 Å². The molecule has 2 fully saturated rings. The average molecular weight is 290 g/mol. The first-order valence-electron chi connectivity index (χ1n) is 8.56. The summed E-state index contributed by atoms with van der Waals surface area (Å²) >= 11 is 0. The lowest BCUT2D eigenvalue weighted by atomic mass is 9.62. The molecule has 0 aliphatic heterocycles. The third kappa shape index (κ3) is 2.73. The maximum Gasteiger partial charge on any atom is 0.0626 e. The Hall–Kier alpha value is -0.600. The second-order valence-electron chi connectivity index (χ2n) is 8.41. The van der Waals surface area contributed by atoms with Gasteiger partial charge in [0.15, 0.2) is 0 Å². The van der Waals surface area contributed by atoms with Crippen molar-refractivity contribution in [3.63, 3.8) is 0 Å². The van der Waals surface area contributed by atoms with Crippen molar-refractivity contribution >= 4 is 0 Å². The first-order chi connectivity index (χ1) is 9.77. The van der Waals surface area contributed by atoms with Crippen LogP contribution in [0.5, 0.6) is 0 Å². The summed E-state index contributed by atoms with van der Waals surface area (Å²) in [6.45, 7) is 6.10. The Morgan fingerprint density at radius 3 is 2.67 bits per heavy atom. The Morgan fingerprint density at radius 1 is 1.33 bits per heavy atom. The van der Waals surface area contributed by atoms with E-state index >= 15 is 0 Å². The van der Waals surface area contributed by atoms with Gasteiger partial charge in [0.05, 0.1) is 11.7 Å². The van der Waals surface area contributed by atoms with Gasteiger partial charge in [-0.2, -0.15) is 0 Å². The van der Waals surface area contributed by atoms with Crippen LogP contribution in [0.1, 0.15) is 65.7 Å². The van der Waals surface area contributed by atoms with Gasteiger partial charge in [-0.25, -0.2) is 0 Å². The van der Waals surface area contributed by atoms with Gasteiger partial charge < -0.3 is 10.2 Å². The Morgan fingerprint density at radius 2 is 2.05 bits per heavy atom. The standard InChI is InChI=1S/C19H30O2/c1-17(2,21)9-5-11-19(12-13-19)16-8-7-14-15(20)6-4-10-18(14,16)3/h5,8,11,14-15,20-21H,4,6-7,9-10,12-13H2,1-3H3/t14-,15-,18+/m0/s1. The highest BCUT2D eigenvalue weighted by Crippen LogP contribution is 2.65. The lowest BCUT2D eigenvalue weighted by molar-refractivity contribution is 0.00795. The van der Waals surface area contributed by atoms with Crippen molar-refractivity contribution in [2.45, 2.75) is 77.4 Å². The molecule has 3 atom stereocenters. The largest absolute Gasteiger partial charge is 0.393 e. The number of aliphatic hydroxyl groups excluding tert-OH is 1. The van der Waals surface area contributed by atoms with Crippen molar-refractivity contribution < 1.29 is 10.2 Å². The highest BCUT2D eigenvalue weighted by Gasteiger charge is 2.56. The third-order valence-corrected chi connectivity index (χ3v) is 6.05. The summed E-state index contributed by atoms with van der Waals surface area (Å²) in [4.78, 5) is 0. The normalized spacial score (nSPS) is 38.4. The molecular formula is C19H30O2. The molecule has 3 aliphatic rings. The highest BCUT2D eigenvalue weighted by atomic mass is 16.3. The molecular weight excluding hydrogens is 260 g/mol. The van der Waals surface area contributed by atoms with E-state index in [0.29, 0.717) is 12.3 Å². The van der Waals surface area contributed by atoms with E-state index in [-0.39, 0.29) is 16.9 Å². The zero-order valence-electron chi connectivity index (χ0n) is 13.7. The summed E-state index contributed by atoms with van der Waals surface area (Å²) in [7, 11) is 0. The lowest BCUT2D eigenvalue weighted by Crippen LogP contribution is -2.39. The third-order valence-electron chi connectivity index (χ3n) is 6.05. The number of fused-ring (bicyclic) bond motifs is 1. The lowest BCUT2D eigenvalue weighted by Gasteiger charge is -2.44. The fourth-order valence-corrected chi connectivity index (χ4v) is 4.72. The number of hydrogen-bond acceptors (Lipinski definition) is 2. The van der Waals surface area contributed by atoms with Crippen molar-refractivity contribution in [1.29, 1.82) is 0 Å². The molecule has 0 spiro atoms. The molecule has 21 heavy (non-hydrogen) atoms. The molecule has 2 N–H and O–H groups in total. The van der Waals surface area contributed by atoms with Crippen LogP contribution in [0.25, 0.3) is 0 Å². The SMILES string of the molecule is CC(C)(O)CC=CC1(C2=CC[C@H]3[C@@H](O)CCC[C@@]23C)CC1. The fraction of sp³-hybridized carbons (Fsp3) is 0.789. The quantitative estimate of drug-likeness (QED) is 0.769. The zero-order valence-corrected chi connectivity index (χ0v) is 13.7. The van der Waals surface area contributed by atoms with Crippen LogP contribution in [0.4, 0.5) is 0 Å². The van der Waals surface area contributed by atoms with E-state index in [4.69, 9.17) is 0 Å². The van der Waals surface area contributed by atoms with Crippen LogP contribution < -0.4 is 0 Å². The number of rotatable bonds is 4. The summed E-state index contributed by atoms with van der Waals surface area (Å²) in [6.07, 6.45) is 14.4. The van der Waals surface area contributed by atoms with Crippen LogP contribution >= 0.6 is 0 Å². The zero-order chi connectivity index (χ0) is 15.3. The number of hydrogen-bond donors (Lipinski definition) is 2. The topological polar surface area (TPSA) is 40.5 Å². The minimum Gasteiger partial charge on any atom is -0.393 e. The van der Waals surface area contributed by atoms with Gasteiger partial charge in [-0.1, -0.05) is 30.7 Å². The fourth-order valence-electron chi connectivity index (χ4n) is 4.72. The summed E-state index contributed by atoms with van der Waals surface area (Å²) < 4.78 is 0. The molecule has 118 valence electrons. The molecule has 0 bridgehead atoms. The first-order valence-corrected chi connectivity index (χ1v) is 8.56. The summed E-state index contributed by atoms with van der Waals surface area (Å²) in [6, 6.07) is 0. The average Bonchev–Trinajstić information content (AvgIpc) is 3.03. The molecule has 3 rings (SSSR count). The molecule has 2 heteroatoms. The summed E-state index contributed by atoms with van der Waals surface area (Å²) in [5, 5.41) is 20.2. The number of allylic oxidation sites excluding steroid dienone is 3. The van der Waals surface area contributed by atoms with E-state index < -0.39 is 5.60 Å². The Kier molecular flexibility index (Phi) is 3.61. The van der Waals surface area contributed by atoms with Crippen molar-refractivity contribution in [2.24, 2.45) is 16.7 Å². The molecule has 3 aliphatic carbocycles. The van der Waals surface area contributed by atoms with Gasteiger partial charge in [0, 0.05) is 5.41 Å². The van der Waals surface area contributed by atoms with E-state index in [1.54, 1.807) is 5.57 Å². The highest BCUT2D eigenvalue weighted by molar-refractivity contribution is 5.39. The van der Waals surface area contributed by atoms with Crippen molar-refractivity contribution in [2.75, 3.05) is 0 Å². The Balaban J connectivity index is 1.78. The van der Waals surface area contributed by atoms with Crippen LogP contribution in [0, 0.1) is 16.7 Å². The second kappa shape index (κ2) is 4.96. The van der Waals surface area contributed by atoms with Gasteiger partial charge >= 0.3 is 0 Å². The van der Waals surface area contributed by atoms with E-state index in [1.807, 2.05) is 13.8 Å². The van der Waals surface area contributed by atoms with Crippen LogP contribution in [0.3, 0.4) is 0 Å². The molecule has 0 aromatic carbocycles. The van der Waals surface area contributed by atoms with Crippen molar-refractivity contribution in [1.82, 2.24) is 0 Å². The predicted molar refractivity (Wildman–Crippen MR) is 85.9 cm³/mol. The molecule has 2 nitrogen and oxygen atoms in total. The molecule has 0 unspecified atom stereocenters.